The van der Waals surface area contributed by atoms with E-state index in [1.165, 1.54) is 16.7 Å². The van der Waals surface area contributed by atoms with Crippen LogP contribution < -0.4 is 0 Å². The van der Waals surface area contributed by atoms with Crippen molar-refractivity contribution in [3.8, 4) is 11.1 Å². The Balaban J connectivity index is 2.41. The molecule has 2 aromatic carbocycles. The summed E-state index contributed by atoms with van der Waals surface area (Å²) < 4.78 is 0. The summed E-state index contributed by atoms with van der Waals surface area (Å²) in [5.41, 5.74) is 3.92. The summed E-state index contributed by atoms with van der Waals surface area (Å²) in [6, 6.07) is 19.0. The molecule has 0 aliphatic rings. The van der Waals surface area contributed by atoms with Gasteiger partial charge >= 0.3 is 0 Å². The van der Waals surface area contributed by atoms with Gasteiger partial charge in [0.25, 0.3) is 0 Å². The molecule has 0 saturated carbocycles. The Morgan fingerprint density at radius 3 is 2.25 bits per heavy atom. The van der Waals surface area contributed by atoms with Crippen LogP contribution in [0.3, 0.4) is 0 Å². The molecule has 0 heterocycles. The Labute approximate surface area is 103 Å². The van der Waals surface area contributed by atoms with Crippen LogP contribution in [0.25, 0.3) is 11.1 Å². The monoisotopic (exact) mass is 227 g/mol. The lowest BCUT2D eigenvalue weighted by Crippen LogP contribution is -1.99. The highest BCUT2D eigenvalue weighted by Gasteiger charge is 2.06. The van der Waals surface area contributed by atoms with Gasteiger partial charge in [0, 0.05) is 5.25 Å². The van der Waals surface area contributed by atoms with Gasteiger partial charge in [-0.25, -0.2) is 0 Å². The molecule has 2 rings (SSSR count). The second-order valence-corrected chi connectivity index (χ2v) is 4.84. The number of benzene rings is 2. The van der Waals surface area contributed by atoms with Gasteiger partial charge in [-0.2, -0.15) is 0 Å². The molecule has 0 bridgehead atoms. The molecule has 0 aliphatic heterocycles. The van der Waals surface area contributed by atoms with Crippen LogP contribution in [0.4, 0.5) is 0 Å². The highest BCUT2D eigenvalue weighted by Crippen LogP contribution is 2.24. The Morgan fingerprint density at radius 2 is 1.56 bits per heavy atom. The van der Waals surface area contributed by atoms with Crippen LogP contribution in [0, 0.1) is 0 Å². The van der Waals surface area contributed by atoms with Crippen molar-refractivity contribution < 1.29 is 0 Å². The normalized spacial score (nSPS) is 12.4. The first-order valence-electron chi connectivity index (χ1n) is 5.56. The van der Waals surface area contributed by atoms with E-state index in [2.05, 4.69) is 55.5 Å². The van der Waals surface area contributed by atoms with Crippen molar-refractivity contribution in [1.82, 2.24) is 0 Å². The molecule has 0 nitrogen and oxygen atoms in total. The molecule has 0 aromatic heterocycles. The largest absolute Gasteiger partial charge is 0.0904 e. The minimum atomic E-state index is 0.282. The van der Waals surface area contributed by atoms with Crippen LogP contribution in [0.1, 0.15) is 12.5 Å². The highest BCUT2D eigenvalue weighted by molar-refractivity contribution is 7.80. The minimum Gasteiger partial charge on any atom is -0.0904 e. The lowest BCUT2D eigenvalue weighted by atomic mass is 9.97. The average Bonchev–Trinajstić information content (AvgIpc) is 2.30. The molecule has 16 heavy (non-hydrogen) atoms. The molecule has 1 atom stereocenters. The van der Waals surface area contributed by atoms with Crippen LogP contribution in [0.15, 0.2) is 54.6 Å². The van der Waals surface area contributed by atoms with E-state index in [1.54, 1.807) is 0 Å². The molecule has 1 radical (unpaired) electrons. The first-order valence-corrected chi connectivity index (χ1v) is 6.03. The fourth-order valence-corrected chi connectivity index (χ4v) is 2.09. The smallest absolute Gasteiger partial charge is 0.0163 e. The van der Waals surface area contributed by atoms with E-state index >= 15 is 0 Å². The zero-order valence-electron chi connectivity index (χ0n) is 9.39. The Hall–Kier alpha value is -1.21. The van der Waals surface area contributed by atoms with E-state index in [0.29, 0.717) is 0 Å². The van der Waals surface area contributed by atoms with Crippen LogP contribution in [0.2, 0.25) is 0 Å². The summed E-state index contributed by atoms with van der Waals surface area (Å²) in [5.74, 6) is 0. The van der Waals surface area contributed by atoms with E-state index < -0.39 is 0 Å². The van der Waals surface area contributed by atoms with Gasteiger partial charge in [-0.3, -0.25) is 0 Å². The Kier molecular flexibility index (Phi) is 3.68. The van der Waals surface area contributed by atoms with Gasteiger partial charge in [0.15, 0.2) is 0 Å². The number of rotatable bonds is 3. The molecule has 0 fully saturated rings. The standard InChI is InChI=1S/C15H15S/c1-12(16)11-14-9-5-6-10-15(14)13-7-3-2-4-8-13/h2-10,12H,11H2,1H3. The van der Waals surface area contributed by atoms with Gasteiger partial charge in [-0.1, -0.05) is 74.1 Å². The van der Waals surface area contributed by atoms with Gasteiger partial charge in [0.05, 0.1) is 0 Å². The van der Waals surface area contributed by atoms with Gasteiger partial charge in [-0.15, -0.1) is 0 Å². The fraction of sp³-hybridized carbons (Fsp3) is 0.200. The average molecular weight is 227 g/mol. The molecule has 2 aromatic rings. The van der Waals surface area contributed by atoms with Crippen molar-refractivity contribution in [1.29, 1.82) is 0 Å². The van der Waals surface area contributed by atoms with Gasteiger partial charge in [0.1, 0.15) is 0 Å². The van der Waals surface area contributed by atoms with E-state index in [-0.39, 0.29) is 5.25 Å². The quantitative estimate of drug-likeness (QED) is 0.725. The van der Waals surface area contributed by atoms with Crippen molar-refractivity contribution >= 4 is 12.6 Å². The third-order valence-electron chi connectivity index (χ3n) is 2.61. The molecular weight excluding hydrogens is 212 g/mol. The summed E-state index contributed by atoms with van der Waals surface area (Å²) in [7, 11) is 0. The fourth-order valence-electron chi connectivity index (χ4n) is 1.91. The van der Waals surface area contributed by atoms with Crippen LogP contribution in [-0.2, 0) is 6.42 Å². The Morgan fingerprint density at radius 1 is 0.938 bits per heavy atom. The van der Waals surface area contributed by atoms with E-state index in [1.807, 2.05) is 6.07 Å². The first-order chi connectivity index (χ1) is 7.77. The maximum Gasteiger partial charge on any atom is 0.0163 e. The van der Waals surface area contributed by atoms with Crippen molar-refractivity contribution in [2.45, 2.75) is 18.6 Å². The molecule has 1 unspecified atom stereocenters. The van der Waals surface area contributed by atoms with Crippen molar-refractivity contribution in [2.24, 2.45) is 0 Å². The summed E-state index contributed by atoms with van der Waals surface area (Å²) in [5, 5.41) is 0.282. The molecule has 0 N–H and O–H groups in total. The Bertz CT molecular complexity index is 446. The second kappa shape index (κ2) is 5.22. The van der Waals surface area contributed by atoms with Crippen molar-refractivity contribution in [3.05, 3.63) is 60.2 Å². The van der Waals surface area contributed by atoms with Crippen LogP contribution in [-0.4, -0.2) is 5.25 Å². The van der Waals surface area contributed by atoms with Crippen LogP contribution >= 0.6 is 12.6 Å². The molecule has 81 valence electrons. The molecule has 0 spiro atoms. The highest BCUT2D eigenvalue weighted by atomic mass is 32.1. The second-order valence-electron chi connectivity index (χ2n) is 4.04. The molecular formula is C15H15S. The van der Waals surface area contributed by atoms with Gasteiger partial charge < -0.3 is 0 Å². The predicted molar refractivity (Wildman–Crippen MR) is 72.6 cm³/mol. The number of hydrogen-bond donors (Lipinski definition) is 0. The molecule has 1 heteroatoms. The molecule has 0 aliphatic carbocycles. The summed E-state index contributed by atoms with van der Waals surface area (Å²) in [6.45, 7) is 2.08. The summed E-state index contributed by atoms with van der Waals surface area (Å²) >= 11 is 5.27. The van der Waals surface area contributed by atoms with Gasteiger partial charge in [-0.05, 0) is 23.1 Å². The van der Waals surface area contributed by atoms with E-state index in [0.717, 1.165) is 6.42 Å². The summed E-state index contributed by atoms with van der Waals surface area (Å²) in [6.07, 6.45) is 0.959. The predicted octanol–water partition coefficient (Wildman–Crippen LogP) is 4.48. The third-order valence-corrected chi connectivity index (χ3v) is 2.78. The maximum atomic E-state index is 5.27. The SMILES string of the molecule is CC([S])Cc1ccccc1-c1ccccc1. The van der Waals surface area contributed by atoms with E-state index in [4.69, 9.17) is 12.6 Å². The molecule has 0 amide bonds. The third kappa shape index (κ3) is 2.67. The maximum absolute atomic E-state index is 5.27. The summed E-state index contributed by atoms with van der Waals surface area (Å²) in [4.78, 5) is 0. The van der Waals surface area contributed by atoms with Crippen molar-refractivity contribution in [3.63, 3.8) is 0 Å². The lowest BCUT2D eigenvalue weighted by molar-refractivity contribution is 0.952. The number of hydrogen-bond acceptors (Lipinski definition) is 0. The minimum absolute atomic E-state index is 0.282. The zero-order chi connectivity index (χ0) is 11.4. The van der Waals surface area contributed by atoms with E-state index in [9.17, 15) is 0 Å². The topological polar surface area (TPSA) is 0 Å². The molecule has 0 saturated heterocycles. The first kappa shape index (κ1) is 11.3. The van der Waals surface area contributed by atoms with Gasteiger partial charge in [0.2, 0.25) is 0 Å². The zero-order valence-corrected chi connectivity index (χ0v) is 10.2. The van der Waals surface area contributed by atoms with Crippen LogP contribution in [0.5, 0.6) is 0 Å². The van der Waals surface area contributed by atoms with Crippen molar-refractivity contribution in [2.75, 3.05) is 0 Å². The lowest BCUT2D eigenvalue weighted by Gasteiger charge is -2.10.